The summed E-state index contributed by atoms with van der Waals surface area (Å²) in [6, 6.07) is 10.6. The van der Waals surface area contributed by atoms with Crippen molar-refractivity contribution in [2.45, 2.75) is 18.8 Å². The molecule has 1 N–H and O–H groups in total. The molecule has 1 saturated heterocycles. The summed E-state index contributed by atoms with van der Waals surface area (Å²) >= 11 is 0. The molecular weight excluding hydrogens is 334 g/mol. The fourth-order valence-electron chi connectivity index (χ4n) is 3.07. The van der Waals surface area contributed by atoms with Gasteiger partial charge in [0.2, 0.25) is 11.7 Å². The molecule has 4 heterocycles. The summed E-state index contributed by atoms with van der Waals surface area (Å²) in [6.07, 6.45) is 3.37. The van der Waals surface area contributed by atoms with Crippen LogP contribution in [0.3, 0.4) is 0 Å². The van der Waals surface area contributed by atoms with E-state index in [-0.39, 0.29) is 11.6 Å². The van der Waals surface area contributed by atoms with Gasteiger partial charge in [-0.1, -0.05) is 17.3 Å². The third kappa shape index (κ3) is 3.26. The number of rotatable bonds is 4. The molecule has 4 rings (SSSR count). The molecule has 132 valence electrons. The average Bonchev–Trinajstić information content (AvgIpc) is 3.19. The van der Waals surface area contributed by atoms with Gasteiger partial charge in [0, 0.05) is 25.2 Å². The van der Waals surface area contributed by atoms with E-state index in [0.717, 1.165) is 25.9 Å². The third-order valence-electron chi connectivity index (χ3n) is 4.46. The Morgan fingerprint density at radius 3 is 2.69 bits per heavy atom. The summed E-state index contributed by atoms with van der Waals surface area (Å²) in [5, 5.41) is 13.1. The van der Waals surface area contributed by atoms with E-state index < -0.39 is 5.97 Å². The van der Waals surface area contributed by atoms with Gasteiger partial charge in [-0.25, -0.2) is 9.78 Å². The van der Waals surface area contributed by atoms with Crippen LogP contribution >= 0.6 is 0 Å². The van der Waals surface area contributed by atoms with Crippen molar-refractivity contribution in [3.8, 4) is 11.5 Å². The highest BCUT2D eigenvalue weighted by Gasteiger charge is 2.26. The molecule has 1 aliphatic heterocycles. The van der Waals surface area contributed by atoms with E-state index in [0.29, 0.717) is 23.2 Å². The van der Waals surface area contributed by atoms with Gasteiger partial charge in [-0.15, -0.1) is 0 Å². The Labute approximate surface area is 149 Å². The number of pyridine rings is 2. The molecule has 8 heteroatoms. The van der Waals surface area contributed by atoms with Crippen molar-refractivity contribution in [3.05, 3.63) is 54.2 Å². The third-order valence-corrected chi connectivity index (χ3v) is 4.46. The van der Waals surface area contributed by atoms with Crippen LogP contribution in [0.2, 0.25) is 0 Å². The highest BCUT2D eigenvalue weighted by atomic mass is 16.5. The number of carboxylic acids is 1. The number of hydrogen-bond donors (Lipinski definition) is 1. The molecule has 0 spiro atoms. The maximum absolute atomic E-state index is 11.1. The normalized spacial score (nSPS) is 15.2. The fourth-order valence-corrected chi connectivity index (χ4v) is 3.07. The molecule has 8 nitrogen and oxygen atoms in total. The number of aromatic nitrogens is 4. The highest BCUT2D eigenvalue weighted by molar-refractivity contribution is 5.85. The topological polar surface area (TPSA) is 105 Å². The predicted octanol–water partition coefficient (Wildman–Crippen LogP) is 2.61. The first-order valence-corrected chi connectivity index (χ1v) is 8.41. The van der Waals surface area contributed by atoms with Crippen LogP contribution in [-0.4, -0.2) is 44.3 Å². The molecule has 0 amide bonds. The number of aromatic carboxylic acids is 1. The minimum atomic E-state index is -1.02. The summed E-state index contributed by atoms with van der Waals surface area (Å²) in [7, 11) is 0. The maximum atomic E-state index is 11.1. The second-order valence-corrected chi connectivity index (χ2v) is 6.12. The molecular formula is C18H17N5O3. The van der Waals surface area contributed by atoms with Gasteiger partial charge in [0.25, 0.3) is 0 Å². The van der Waals surface area contributed by atoms with Crippen molar-refractivity contribution in [1.29, 1.82) is 0 Å². The van der Waals surface area contributed by atoms with Crippen molar-refractivity contribution >= 4 is 11.8 Å². The van der Waals surface area contributed by atoms with Gasteiger partial charge in [0.1, 0.15) is 11.5 Å². The van der Waals surface area contributed by atoms with Crippen LogP contribution in [-0.2, 0) is 0 Å². The first-order valence-electron chi connectivity index (χ1n) is 8.41. The standard InChI is InChI=1S/C18H17N5O3/c24-18(25)14-5-3-6-15(20-14)23-10-7-12(8-11-23)17-21-16(22-26-17)13-4-1-2-9-19-13/h1-6,9,12H,7-8,10-11H2,(H,24,25). The number of piperidine rings is 1. The summed E-state index contributed by atoms with van der Waals surface area (Å²) in [5.41, 5.74) is 0.746. The maximum Gasteiger partial charge on any atom is 0.354 e. The van der Waals surface area contributed by atoms with Crippen molar-refractivity contribution in [1.82, 2.24) is 20.1 Å². The SMILES string of the molecule is O=C(O)c1cccc(N2CCC(c3nc(-c4ccccn4)no3)CC2)n1. The molecule has 0 aliphatic carbocycles. The predicted molar refractivity (Wildman–Crippen MR) is 92.9 cm³/mol. The Balaban J connectivity index is 1.43. The lowest BCUT2D eigenvalue weighted by molar-refractivity contribution is 0.0690. The molecule has 26 heavy (non-hydrogen) atoms. The summed E-state index contributed by atoms with van der Waals surface area (Å²) in [5.74, 6) is 0.966. The molecule has 1 fully saturated rings. The smallest absolute Gasteiger partial charge is 0.354 e. The van der Waals surface area contributed by atoms with Crippen LogP contribution in [0.25, 0.3) is 11.5 Å². The van der Waals surface area contributed by atoms with E-state index in [1.807, 2.05) is 24.3 Å². The van der Waals surface area contributed by atoms with E-state index in [4.69, 9.17) is 9.63 Å². The van der Waals surface area contributed by atoms with Gasteiger partial charge >= 0.3 is 5.97 Å². The molecule has 3 aromatic rings. The van der Waals surface area contributed by atoms with Gasteiger partial charge < -0.3 is 14.5 Å². The van der Waals surface area contributed by atoms with Gasteiger partial charge in [-0.2, -0.15) is 4.98 Å². The van der Waals surface area contributed by atoms with Crippen molar-refractivity contribution in [2.24, 2.45) is 0 Å². The first kappa shape index (κ1) is 16.2. The van der Waals surface area contributed by atoms with Crippen LogP contribution in [0.5, 0.6) is 0 Å². The summed E-state index contributed by atoms with van der Waals surface area (Å²) < 4.78 is 5.44. The van der Waals surface area contributed by atoms with E-state index in [1.165, 1.54) is 6.07 Å². The summed E-state index contributed by atoms with van der Waals surface area (Å²) in [6.45, 7) is 1.50. The zero-order valence-electron chi connectivity index (χ0n) is 13.9. The van der Waals surface area contributed by atoms with Gasteiger partial charge in [-0.3, -0.25) is 4.98 Å². The number of nitrogens with zero attached hydrogens (tertiary/aromatic N) is 5. The molecule has 0 bridgehead atoms. The van der Waals surface area contributed by atoms with Crippen LogP contribution < -0.4 is 4.90 Å². The molecule has 0 radical (unpaired) electrons. The van der Waals surface area contributed by atoms with Crippen LogP contribution in [0.15, 0.2) is 47.1 Å². The van der Waals surface area contributed by atoms with Crippen LogP contribution in [0, 0.1) is 0 Å². The van der Waals surface area contributed by atoms with Crippen LogP contribution in [0.1, 0.15) is 35.1 Å². The van der Waals surface area contributed by atoms with Crippen molar-refractivity contribution < 1.29 is 14.4 Å². The van der Waals surface area contributed by atoms with Crippen LogP contribution in [0.4, 0.5) is 5.82 Å². The monoisotopic (exact) mass is 351 g/mol. The quantitative estimate of drug-likeness (QED) is 0.765. The molecule has 0 unspecified atom stereocenters. The number of carbonyl (C=O) groups is 1. The molecule has 0 aromatic carbocycles. The first-order chi connectivity index (χ1) is 12.7. The minimum absolute atomic E-state index is 0.0570. The lowest BCUT2D eigenvalue weighted by Gasteiger charge is -2.31. The molecule has 1 aliphatic rings. The van der Waals surface area contributed by atoms with Crippen molar-refractivity contribution in [3.63, 3.8) is 0 Å². The largest absolute Gasteiger partial charge is 0.477 e. The van der Waals surface area contributed by atoms with Gasteiger partial charge in [-0.05, 0) is 37.1 Å². The molecule has 0 atom stereocenters. The Kier molecular flexibility index (Phi) is 4.30. The van der Waals surface area contributed by atoms with Gasteiger partial charge in [0.05, 0.1) is 0 Å². The lowest BCUT2D eigenvalue weighted by atomic mass is 9.97. The zero-order chi connectivity index (χ0) is 17.9. The highest BCUT2D eigenvalue weighted by Crippen LogP contribution is 2.30. The van der Waals surface area contributed by atoms with Crippen molar-refractivity contribution in [2.75, 3.05) is 18.0 Å². The minimum Gasteiger partial charge on any atom is -0.477 e. The second kappa shape index (κ2) is 6.91. The van der Waals surface area contributed by atoms with E-state index in [2.05, 4.69) is 25.0 Å². The molecule has 3 aromatic heterocycles. The van der Waals surface area contributed by atoms with E-state index in [1.54, 1.807) is 12.3 Å². The van der Waals surface area contributed by atoms with Gasteiger partial charge in [0.15, 0.2) is 5.69 Å². The average molecular weight is 351 g/mol. The zero-order valence-corrected chi connectivity index (χ0v) is 13.9. The van der Waals surface area contributed by atoms with E-state index in [9.17, 15) is 4.79 Å². The Morgan fingerprint density at radius 2 is 1.96 bits per heavy atom. The Hall–Kier alpha value is -3.29. The lowest BCUT2D eigenvalue weighted by Crippen LogP contribution is -2.33. The van der Waals surface area contributed by atoms with E-state index >= 15 is 0 Å². The summed E-state index contributed by atoms with van der Waals surface area (Å²) in [4.78, 5) is 26.1. The Morgan fingerprint density at radius 1 is 1.12 bits per heavy atom. The fraction of sp³-hybridized carbons (Fsp3) is 0.278. The molecule has 0 saturated carbocycles. The number of hydrogen-bond acceptors (Lipinski definition) is 7. The second-order valence-electron chi connectivity index (χ2n) is 6.12. The number of carboxylic acid groups (broad SMARTS) is 1. The number of anilines is 1. The Bertz CT molecular complexity index is 904.